The molecule has 1 saturated heterocycles. The first kappa shape index (κ1) is 13.3. The van der Waals surface area contributed by atoms with Gasteiger partial charge < -0.3 is 15.2 Å². The Hall–Kier alpha value is -0.160. The number of ether oxygens (including phenoxy) is 1. The Morgan fingerprint density at radius 1 is 1.47 bits per heavy atom. The van der Waals surface area contributed by atoms with Gasteiger partial charge in [-0.2, -0.15) is 0 Å². The van der Waals surface area contributed by atoms with E-state index >= 15 is 0 Å². The maximum atomic E-state index is 9.60. The van der Waals surface area contributed by atoms with E-state index in [0.29, 0.717) is 12.1 Å². The molecule has 100 valence electrons. The van der Waals surface area contributed by atoms with Crippen molar-refractivity contribution in [2.24, 2.45) is 0 Å². The van der Waals surface area contributed by atoms with Crippen molar-refractivity contribution in [3.05, 3.63) is 0 Å². The van der Waals surface area contributed by atoms with Gasteiger partial charge in [0, 0.05) is 31.8 Å². The molecule has 4 heteroatoms. The summed E-state index contributed by atoms with van der Waals surface area (Å²) in [6.45, 7) is 5.53. The first-order valence-electron chi connectivity index (χ1n) is 6.86. The summed E-state index contributed by atoms with van der Waals surface area (Å²) in [7, 11) is 1.81. The fourth-order valence-corrected chi connectivity index (χ4v) is 3.42. The molecule has 1 aliphatic carbocycles. The lowest BCUT2D eigenvalue weighted by atomic mass is 9.98. The molecular weight excluding hydrogens is 216 g/mol. The van der Waals surface area contributed by atoms with Crippen LogP contribution in [0.3, 0.4) is 0 Å². The lowest BCUT2D eigenvalue weighted by molar-refractivity contribution is 0.0982. The van der Waals surface area contributed by atoms with E-state index in [9.17, 15) is 5.11 Å². The minimum atomic E-state index is -0.0232. The number of hydrogen-bond acceptors (Lipinski definition) is 4. The summed E-state index contributed by atoms with van der Waals surface area (Å²) in [5.74, 6) is 0. The van der Waals surface area contributed by atoms with Crippen LogP contribution in [0.2, 0.25) is 0 Å². The summed E-state index contributed by atoms with van der Waals surface area (Å²) in [5, 5.41) is 13.1. The standard InChI is InChI=1S/C13H26N2O2/c1-3-14-13(10-16)6-4-11(8-13)15-7-5-12(9-15)17-2/h11-12,14,16H,3-10H2,1-2H3. The number of hydrogen-bond donors (Lipinski definition) is 2. The van der Waals surface area contributed by atoms with Gasteiger partial charge in [0.25, 0.3) is 0 Å². The Morgan fingerprint density at radius 3 is 2.88 bits per heavy atom. The number of aliphatic hydroxyl groups is 1. The normalized spacial score (nSPS) is 39.0. The molecule has 0 aromatic heterocycles. The van der Waals surface area contributed by atoms with Crippen LogP contribution in [0.15, 0.2) is 0 Å². The molecule has 1 heterocycles. The molecule has 0 spiro atoms. The van der Waals surface area contributed by atoms with Crippen LogP contribution in [0.25, 0.3) is 0 Å². The van der Waals surface area contributed by atoms with Gasteiger partial charge in [0.15, 0.2) is 0 Å². The molecule has 17 heavy (non-hydrogen) atoms. The van der Waals surface area contributed by atoms with Gasteiger partial charge in [0.1, 0.15) is 0 Å². The van der Waals surface area contributed by atoms with Crippen LogP contribution in [0.4, 0.5) is 0 Å². The quantitative estimate of drug-likeness (QED) is 0.741. The van der Waals surface area contributed by atoms with Gasteiger partial charge in [-0.3, -0.25) is 4.90 Å². The predicted molar refractivity (Wildman–Crippen MR) is 68.1 cm³/mol. The first-order chi connectivity index (χ1) is 8.23. The average Bonchev–Trinajstić information content (AvgIpc) is 2.96. The van der Waals surface area contributed by atoms with E-state index in [4.69, 9.17) is 4.74 Å². The van der Waals surface area contributed by atoms with E-state index < -0.39 is 0 Å². The van der Waals surface area contributed by atoms with Crippen LogP contribution in [0, 0.1) is 0 Å². The number of aliphatic hydroxyl groups excluding tert-OH is 1. The predicted octanol–water partition coefficient (Wildman–Crippen LogP) is 0.600. The van der Waals surface area contributed by atoms with Crippen LogP contribution >= 0.6 is 0 Å². The van der Waals surface area contributed by atoms with Gasteiger partial charge in [-0.25, -0.2) is 0 Å². The number of rotatable bonds is 5. The highest BCUT2D eigenvalue weighted by Gasteiger charge is 2.41. The Kier molecular flexibility index (Phi) is 4.42. The molecule has 0 bridgehead atoms. The van der Waals surface area contributed by atoms with Crippen molar-refractivity contribution in [1.82, 2.24) is 10.2 Å². The number of nitrogens with zero attached hydrogens (tertiary/aromatic N) is 1. The molecule has 2 fully saturated rings. The van der Waals surface area contributed by atoms with E-state index in [1.807, 2.05) is 0 Å². The summed E-state index contributed by atoms with van der Waals surface area (Å²) in [4.78, 5) is 2.54. The third-order valence-electron chi connectivity index (χ3n) is 4.46. The number of likely N-dealkylation sites (tertiary alicyclic amines) is 1. The molecule has 0 aromatic rings. The molecule has 1 aliphatic heterocycles. The highest BCUT2D eigenvalue weighted by Crippen LogP contribution is 2.34. The molecule has 3 unspecified atom stereocenters. The van der Waals surface area contributed by atoms with Crippen molar-refractivity contribution in [1.29, 1.82) is 0 Å². The topological polar surface area (TPSA) is 44.7 Å². The van der Waals surface area contributed by atoms with Crippen LogP contribution < -0.4 is 5.32 Å². The van der Waals surface area contributed by atoms with Gasteiger partial charge in [-0.1, -0.05) is 6.92 Å². The second kappa shape index (κ2) is 5.65. The molecule has 3 atom stereocenters. The third kappa shape index (κ3) is 2.81. The van der Waals surface area contributed by atoms with Crippen LogP contribution in [-0.2, 0) is 4.74 Å². The van der Waals surface area contributed by atoms with Gasteiger partial charge in [-0.15, -0.1) is 0 Å². The third-order valence-corrected chi connectivity index (χ3v) is 4.46. The van der Waals surface area contributed by atoms with Crippen LogP contribution in [0.5, 0.6) is 0 Å². The molecule has 4 nitrogen and oxygen atoms in total. The maximum absolute atomic E-state index is 9.60. The summed E-state index contributed by atoms with van der Waals surface area (Å²) in [6, 6.07) is 0.626. The molecule has 1 saturated carbocycles. The zero-order valence-corrected chi connectivity index (χ0v) is 11.1. The maximum Gasteiger partial charge on any atom is 0.0710 e. The monoisotopic (exact) mass is 242 g/mol. The highest BCUT2D eigenvalue weighted by atomic mass is 16.5. The van der Waals surface area contributed by atoms with Gasteiger partial charge in [0.2, 0.25) is 0 Å². The Labute approximate surface area is 104 Å². The minimum absolute atomic E-state index is 0.0232. The molecule has 2 aliphatic rings. The van der Waals surface area contributed by atoms with Crippen molar-refractivity contribution in [3.8, 4) is 0 Å². The summed E-state index contributed by atoms with van der Waals surface area (Å²) in [5.41, 5.74) is -0.0232. The lowest BCUT2D eigenvalue weighted by Gasteiger charge is -2.30. The molecule has 0 amide bonds. The highest BCUT2D eigenvalue weighted by molar-refractivity contribution is 5.00. The summed E-state index contributed by atoms with van der Waals surface area (Å²) < 4.78 is 5.42. The second-order valence-corrected chi connectivity index (χ2v) is 5.51. The van der Waals surface area contributed by atoms with Gasteiger partial charge >= 0.3 is 0 Å². The van der Waals surface area contributed by atoms with Crippen molar-refractivity contribution in [3.63, 3.8) is 0 Å². The molecular formula is C13H26N2O2. The summed E-state index contributed by atoms with van der Waals surface area (Å²) in [6.07, 6.45) is 4.94. The number of methoxy groups -OCH3 is 1. The molecule has 0 aromatic carbocycles. The SMILES string of the molecule is CCNC1(CO)CCC(N2CCC(OC)C2)C1. The lowest BCUT2D eigenvalue weighted by Crippen LogP contribution is -2.47. The zero-order valence-electron chi connectivity index (χ0n) is 11.1. The largest absolute Gasteiger partial charge is 0.394 e. The Morgan fingerprint density at radius 2 is 2.29 bits per heavy atom. The first-order valence-corrected chi connectivity index (χ1v) is 6.86. The van der Waals surface area contributed by atoms with E-state index in [0.717, 1.165) is 38.9 Å². The molecule has 2 N–H and O–H groups in total. The fourth-order valence-electron chi connectivity index (χ4n) is 3.42. The summed E-state index contributed by atoms with van der Waals surface area (Å²) >= 11 is 0. The average molecular weight is 242 g/mol. The Balaban J connectivity index is 1.89. The van der Waals surface area contributed by atoms with E-state index in [1.54, 1.807) is 7.11 Å². The van der Waals surface area contributed by atoms with Crippen molar-refractivity contribution in [2.75, 3.05) is 33.4 Å². The van der Waals surface area contributed by atoms with Crippen molar-refractivity contribution < 1.29 is 9.84 Å². The van der Waals surface area contributed by atoms with E-state index in [2.05, 4.69) is 17.1 Å². The molecule has 2 rings (SSSR count). The van der Waals surface area contributed by atoms with Crippen molar-refractivity contribution >= 4 is 0 Å². The Bertz CT molecular complexity index is 250. The number of nitrogens with one attached hydrogen (secondary N) is 1. The minimum Gasteiger partial charge on any atom is -0.394 e. The van der Waals surface area contributed by atoms with E-state index in [1.165, 1.54) is 6.42 Å². The van der Waals surface area contributed by atoms with Gasteiger partial charge in [0.05, 0.1) is 12.7 Å². The van der Waals surface area contributed by atoms with E-state index in [-0.39, 0.29) is 12.1 Å². The van der Waals surface area contributed by atoms with Crippen molar-refractivity contribution in [2.45, 2.75) is 50.3 Å². The smallest absolute Gasteiger partial charge is 0.0710 e. The zero-order chi connectivity index (χ0) is 12.3. The van der Waals surface area contributed by atoms with Crippen LogP contribution in [-0.4, -0.2) is 61.0 Å². The fraction of sp³-hybridized carbons (Fsp3) is 1.00. The van der Waals surface area contributed by atoms with Gasteiger partial charge in [-0.05, 0) is 32.2 Å². The second-order valence-electron chi connectivity index (χ2n) is 5.51. The molecule has 0 radical (unpaired) electrons. The number of likely N-dealkylation sites (N-methyl/N-ethyl adjacent to an activating group) is 1. The van der Waals surface area contributed by atoms with Crippen LogP contribution in [0.1, 0.15) is 32.6 Å².